The van der Waals surface area contributed by atoms with Gasteiger partial charge in [0.25, 0.3) is 0 Å². The second-order valence-electron chi connectivity index (χ2n) is 3.75. The summed E-state index contributed by atoms with van der Waals surface area (Å²) in [5.74, 6) is -2.01. The SMILES string of the molecule is Cc1cc(F)ccc1NC(=O)C(=O)NCCCO. The molecule has 1 rings (SSSR count). The molecule has 0 aromatic heterocycles. The second kappa shape index (κ2) is 6.70. The number of carbonyl (C=O) groups is 2. The maximum Gasteiger partial charge on any atom is 0.313 e. The highest BCUT2D eigenvalue weighted by molar-refractivity contribution is 6.39. The zero-order chi connectivity index (χ0) is 13.5. The van der Waals surface area contributed by atoms with Crippen LogP contribution in [0.1, 0.15) is 12.0 Å². The van der Waals surface area contributed by atoms with Crippen LogP contribution in [0, 0.1) is 12.7 Å². The van der Waals surface area contributed by atoms with E-state index in [-0.39, 0.29) is 13.2 Å². The predicted molar refractivity (Wildman–Crippen MR) is 64.5 cm³/mol. The molecule has 0 heterocycles. The number of aliphatic hydroxyl groups is 1. The van der Waals surface area contributed by atoms with Gasteiger partial charge in [0.1, 0.15) is 5.82 Å². The number of halogens is 1. The molecule has 0 atom stereocenters. The minimum Gasteiger partial charge on any atom is -0.396 e. The van der Waals surface area contributed by atoms with Gasteiger partial charge in [0, 0.05) is 18.8 Å². The Kier molecular flexibility index (Phi) is 5.26. The third-order valence-corrected chi connectivity index (χ3v) is 2.26. The third-order valence-electron chi connectivity index (χ3n) is 2.26. The van der Waals surface area contributed by atoms with Gasteiger partial charge in [0.05, 0.1) is 0 Å². The third kappa shape index (κ3) is 4.14. The van der Waals surface area contributed by atoms with E-state index in [9.17, 15) is 14.0 Å². The van der Waals surface area contributed by atoms with E-state index in [4.69, 9.17) is 5.11 Å². The fraction of sp³-hybridized carbons (Fsp3) is 0.333. The molecule has 0 fully saturated rings. The Hall–Kier alpha value is -1.95. The molecular weight excluding hydrogens is 239 g/mol. The van der Waals surface area contributed by atoms with E-state index < -0.39 is 17.6 Å². The van der Waals surface area contributed by atoms with E-state index in [0.717, 1.165) is 0 Å². The number of nitrogens with one attached hydrogen (secondary N) is 2. The van der Waals surface area contributed by atoms with Crippen molar-refractivity contribution >= 4 is 17.5 Å². The largest absolute Gasteiger partial charge is 0.396 e. The van der Waals surface area contributed by atoms with Crippen LogP contribution in [-0.4, -0.2) is 30.1 Å². The first kappa shape index (κ1) is 14.1. The van der Waals surface area contributed by atoms with E-state index >= 15 is 0 Å². The summed E-state index contributed by atoms with van der Waals surface area (Å²) in [7, 11) is 0. The minimum absolute atomic E-state index is 0.0566. The normalized spacial score (nSPS) is 9.94. The Balaban J connectivity index is 2.56. The van der Waals surface area contributed by atoms with Crippen LogP contribution < -0.4 is 10.6 Å². The maximum atomic E-state index is 12.8. The average Bonchev–Trinajstić information content (AvgIpc) is 2.32. The minimum atomic E-state index is -0.817. The molecule has 0 unspecified atom stereocenters. The van der Waals surface area contributed by atoms with Crippen molar-refractivity contribution in [2.24, 2.45) is 0 Å². The summed E-state index contributed by atoms with van der Waals surface area (Å²) in [6, 6.07) is 3.86. The van der Waals surface area contributed by atoms with Crippen LogP contribution in [0.2, 0.25) is 0 Å². The molecule has 0 aliphatic rings. The van der Waals surface area contributed by atoms with Crippen molar-refractivity contribution in [3.8, 4) is 0 Å². The van der Waals surface area contributed by atoms with Crippen molar-refractivity contribution in [1.82, 2.24) is 5.32 Å². The average molecular weight is 254 g/mol. The number of rotatable bonds is 4. The lowest BCUT2D eigenvalue weighted by atomic mass is 10.2. The summed E-state index contributed by atoms with van der Waals surface area (Å²) in [6.45, 7) is 1.80. The van der Waals surface area contributed by atoms with E-state index in [1.54, 1.807) is 6.92 Å². The summed E-state index contributed by atoms with van der Waals surface area (Å²) in [4.78, 5) is 22.8. The molecule has 0 saturated carbocycles. The molecule has 0 bridgehead atoms. The molecule has 1 aromatic rings. The number of anilines is 1. The van der Waals surface area contributed by atoms with Gasteiger partial charge in [-0.3, -0.25) is 9.59 Å². The van der Waals surface area contributed by atoms with Crippen molar-refractivity contribution < 1.29 is 19.1 Å². The Bertz CT molecular complexity index is 449. The first-order valence-corrected chi connectivity index (χ1v) is 5.51. The summed E-state index contributed by atoms with van der Waals surface area (Å²) in [5.41, 5.74) is 0.921. The molecule has 0 saturated heterocycles. The van der Waals surface area contributed by atoms with Gasteiger partial charge in [-0.1, -0.05) is 0 Å². The lowest BCUT2D eigenvalue weighted by molar-refractivity contribution is -0.136. The van der Waals surface area contributed by atoms with Crippen molar-refractivity contribution in [2.75, 3.05) is 18.5 Å². The number of hydrogen-bond acceptors (Lipinski definition) is 3. The van der Waals surface area contributed by atoms with Crippen molar-refractivity contribution in [3.05, 3.63) is 29.6 Å². The van der Waals surface area contributed by atoms with Gasteiger partial charge in [0.2, 0.25) is 0 Å². The van der Waals surface area contributed by atoms with Gasteiger partial charge in [0.15, 0.2) is 0 Å². The van der Waals surface area contributed by atoms with Crippen LogP contribution in [-0.2, 0) is 9.59 Å². The van der Waals surface area contributed by atoms with Gasteiger partial charge in [-0.2, -0.15) is 0 Å². The standard InChI is InChI=1S/C12H15FN2O3/c1-8-7-9(13)3-4-10(8)15-12(18)11(17)14-5-2-6-16/h3-4,7,16H,2,5-6H2,1H3,(H,14,17)(H,15,18). The summed E-state index contributed by atoms with van der Waals surface area (Å²) >= 11 is 0. The topological polar surface area (TPSA) is 78.4 Å². The van der Waals surface area contributed by atoms with Gasteiger partial charge >= 0.3 is 11.8 Å². The molecule has 98 valence electrons. The highest BCUT2D eigenvalue weighted by Gasteiger charge is 2.13. The summed E-state index contributed by atoms with van der Waals surface area (Å²) < 4.78 is 12.8. The number of hydrogen-bond donors (Lipinski definition) is 3. The van der Waals surface area contributed by atoms with E-state index in [0.29, 0.717) is 17.7 Å². The van der Waals surface area contributed by atoms with Crippen LogP contribution in [0.4, 0.5) is 10.1 Å². The number of carbonyl (C=O) groups excluding carboxylic acids is 2. The monoisotopic (exact) mass is 254 g/mol. The van der Waals surface area contributed by atoms with Crippen molar-refractivity contribution in [3.63, 3.8) is 0 Å². The summed E-state index contributed by atoms with van der Waals surface area (Å²) in [5, 5.41) is 13.3. The quantitative estimate of drug-likeness (QED) is 0.543. The van der Waals surface area contributed by atoms with Crippen LogP contribution in [0.25, 0.3) is 0 Å². The van der Waals surface area contributed by atoms with Crippen LogP contribution in [0.5, 0.6) is 0 Å². The van der Waals surface area contributed by atoms with E-state index in [2.05, 4.69) is 10.6 Å². The molecule has 1 aromatic carbocycles. The Morgan fingerprint density at radius 1 is 1.33 bits per heavy atom. The fourth-order valence-electron chi connectivity index (χ4n) is 1.31. The number of aliphatic hydroxyl groups excluding tert-OH is 1. The molecule has 18 heavy (non-hydrogen) atoms. The number of amides is 2. The van der Waals surface area contributed by atoms with Gasteiger partial charge in [-0.15, -0.1) is 0 Å². The predicted octanol–water partition coefficient (Wildman–Crippen LogP) is 0.571. The zero-order valence-corrected chi connectivity index (χ0v) is 10.00. The van der Waals surface area contributed by atoms with Gasteiger partial charge < -0.3 is 15.7 Å². The van der Waals surface area contributed by atoms with Crippen molar-refractivity contribution in [2.45, 2.75) is 13.3 Å². The molecule has 0 aliphatic heterocycles. The van der Waals surface area contributed by atoms with Crippen molar-refractivity contribution in [1.29, 1.82) is 0 Å². The molecule has 3 N–H and O–H groups in total. The Morgan fingerprint density at radius 3 is 2.67 bits per heavy atom. The fourth-order valence-corrected chi connectivity index (χ4v) is 1.31. The molecule has 2 amide bonds. The summed E-state index contributed by atoms with van der Waals surface area (Å²) in [6.07, 6.45) is 0.384. The molecule has 6 heteroatoms. The Labute approximate surface area is 104 Å². The van der Waals surface area contributed by atoms with E-state index in [1.165, 1.54) is 18.2 Å². The van der Waals surface area contributed by atoms with Crippen LogP contribution in [0.3, 0.4) is 0 Å². The lowest BCUT2D eigenvalue weighted by Crippen LogP contribution is -2.36. The number of benzene rings is 1. The first-order chi connectivity index (χ1) is 8.54. The highest BCUT2D eigenvalue weighted by Crippen LogP contribution is 2.15. The Morgan fingerprint density at radius 2 is 2.06 bits per heavy atom. The van der Waals surface area contributed by atoms with Gasteiger partial charge in [-0.25, -0.2) is 4.39 Å². The lowest BCUT2D eigenvalue weighted by Gasteiger charge is -2.08. The highest BCUT2D eigenvalue weighted by atomic mass is 19.1. The number of aryl methyl sites for hydroxylation is 1. The first-order valence-electron chi connectivity index (χ1n) is 5.51. The second-order valence-corrected chi connectivity index (χ2v) is 3.75. The van der Waals surface area contributed by atoms with Crippen LogP contribution >= 0.6 is 0 Å². The molecule has 5 nitrogen and oxygen atoms in total. The molecule has 0 radical (unpaired) electrons. The van der Waals surface area contributed by atoms with Gasteiger partial charge in [-0.05, 0) is 37.1 Å². The molecule has 0 spiro atoms. The van der Waals surface area contributed by atoms with E-state index in [1.807, 2.05) is 0 Å². The van der Waals surface area contributed by atoms with Crippen LogP contribution in [0.15, 0.2) is 18.2 Å². The molecule has 0 aliphatic carbocycles. The smallest absolute Gasteiger partial charge is 0.313 e. The zero-order valence-electron chi connectivity index (χ0n) is 10.00. The molecular formula is C12H15FN2O3. The maximum absolute atomic E-state index is 12.8.